The molecule has 6 heteroatoms. The molecule has 0 spiro atoms. The molecule has 0 fully saturated rings. The van der Waals surface area contributed by atoms with E-state index >= 15 is 0 Å². The lowest BCUT2D eigenvalue weighted by molar-refractivity contribution is 0.411. The van der Waals surface area contributed by atoms with Gasteiger partial charge in [-0.3, -0.25) is 0 Å². The number of aromatic nitrogens is 2. The third kappa shape index (κ3) is 3.94. The Labute approximate surface area is 128 Å². The highest BCUT2D eigenvalue weighted by Gasteiger charge is 2.10. The molecule has 2 rings (SSSR count). The van der Waals surface area contributed by atoms with Gasteiger partial charge in [0.25, 0.3) is 0 Å². The van der Waals surface area contributed by atoms with Crippen molar-refractivity contribution in [1.29, 1.82) is 0 Å². The fourth-order valence-electron chi connectivity index (χ4n) is 1.97. The van der Waals surface area contributed by atoms with E-state index < -0.39 is 0 Å². The van der Waals surface area contributed by atoms with Gasteiger partial charge < -0.3 is 10.1 Å². The van der Waals surface area contributed by atoms with Crippen molar-refractivity contribution in [2.45, 2.75) is 30.0 Å². The predicted molar refractivity (Wildman–Crippen MR) is 84.6 cm³/mol. The van der Waals surface area contributed by atoms with Crippen LogP contribution in [-0.2, 0) is 5.75 Å². The summed E-state index contributed by atoms with van der Waals surface area (Å²) in [6, 6.07) is 6.71. The van der Waals surface area contributed by atoms with Crippen molar-refractivity contribution in [3.63, 3.8) is 0 Å². The molecule has 0 aliphatic rings. The molecule has 108 valence electrons. The van der Waals surface area contributed by atoms with Gasteiger partial charge in [0.05, 0.1) is 7.11 Å². The van der Waals surface area contributed by atoms with E-state index in [9.17, 15) is 0 Å². The lowest BCUT2D eigenvalue weighted by atomic mass is 10.0. The van der Waals surface area contributed by atoms with Crippen molar-refractivity contribution in [2.75, 3.05) is 13.7 Å². The molecule has 20 heavy (non-hydrogen) atoms. The molecule has 4 nitrogen and oxygen atoms in total. The van der Waals surface area contributed by atoms with E-state index in [-0.39, 0.29) is 0 Å². The van der Waals surface area contributed by atoms with Crippen LogP contribution < -0.4 is 10.1 Å². The number of hydrogen-bond donors (Lipinski definition) is 1. The highest BCUT2D eigenvalue weighted by molar-refractivity contribution is 8.00. The second kappa shape index (κ2) is 7.61. The van der Waals surface area contributed by atoms with Crippen molar-refractivity contribution >= 4 is 23.3 Å². The van der Waals surface area contributed by atoms with Crippen LogP contribution in [-0.4, -0.2) is 23.0 Å². The molecule has 0 amide bonds. The third-order valence-electron chi connectivity index (χ3n) is 3.01. The van der Waals surface area contributed by atoms with Crippen LogP contribution in [0.25, 0.3) is 0 Å². The molecule has 2 aromatic rings. The van der Waals surface area contributed by atoms with Crippen molar-refractivity contribution in [2.24, 2.45) is 0 Å². The molecule has 1 N–H and O–H groups in total. The van der Waals surface area contributed by atoms with Crippen LogP contribution in [0.1, 0.15) is 31.0 Å². The maximum atomic E-state index is 5.44. The van der Waals surface area contributed by atoms with Crippen LogP contribution in [0.15, 0.2) is 28.9 Å². The Hall–Kier alpha value is -1.11. The zero-order valence-electron chi connectivity index (χ0n) is 11.9. The summed E-state index contributed by atoms with van der Waals surface area (Å²) < 4.78 is 10.4. The Morgan fingerprint density at radius 2 is 2.30 bits per heavy atom. The van der Waals surface area contributed by atoms with Gasteiger partial charge in [-0.15, -0.1) is 0 Å². The van der Waals surface area contributed by atoms with Crippen LogP contribution in [0.5, 0.6) is 5.75 Å². The van der Waals surface area contributed by atoms with Gasteiger partial charge in [0.2, 0.25) is 0 Å². The number of thioether (sulfide) groups is 1. The average molecular weight is 309 g/mol. The number of nitrogens with zero attached hydrogens (tertiary/aromatic N) is 2. The summed E-state index contributed by atoms with van der Waals surface area (Å²) in [6.45, 7) is 5.25. The molecular weight excluding hydrogens is 290 g/mol. The van der Waals surface area contributed by atoms with Crippen LogP contribution in [0.3, 0.4) is 0 Å². The van der Waals surface area contributed by atoms with Crippen LogP contribution >= 0.6 is 23.3 Å². The van der Waals surface area contributed by atoms with E-state index in [0.717, 1.165) is 22.4 Å². The molecule has 1 atom stereocenters. The first-order valence-electron chi connectivity index (χ1n) is 6.54. The summed E-state index contributed by atoms with van der Waals surface area (Å²) in [5, 5.41) is 3.43. The summed E-state index contributed by atoms with van der Waals surface area (Å²) in [5.41, 5.74) is 2.47. The van der Waals surface area contributed by atoms with E-state index in [4.69, 9.17) is 4.74 Å². The molecular formula is C14H19N3OS2. The number of methoxy groups -OCH3 is 1. The van der Waals surface area contributed by atoms with Gasteiger partial charge in [-0.25, -0.2) is 4.98 Å². The van der Waals surface area contributed by atoms with E-state index in [0.29, 0.717) is 6.04 Å². The van der Waals surface area contributed by atoms with Gasteiger partial charge >= 0.3 is 0 Å². The Balaban J connectivity index is 2.13. The summed E-state index contributed by atoms with van der Waals surface area (Å²) in [7, 11) is 1.71. The molecule has 1 aromatic carbocycles. The summed E-state index contributed by atoms with van der Waals surface area (Å²) in [6.07, 6.45) is 1.59. The molecule has 1 aromatic heterocycles. The topological polar surface area (TPSA) is 47.0 Å². The van der Waals surface area contributed by atoms with Gasteiger partial charge in [0.1, 0.15) is 12.1 Å². The van der Waals surface area contributed by atoms with Crippen LogP contribution in [0.4, 0.5) is 0 Å². The quantitative estimate of drug-likeness (QED) is 0.793. The van der Waals surface area contributed by atoms with E-state index in [1.165, 1.54) is 22.7 Å². The summed E-state index contributed by atoms with van der Waals surface area (Å²) in [4.78, 5) is 4.19. The van der Waals surface area contributed by atoms with Crippen LogP contribution in [0, 0.1) is 0 Å². The summed E-state index contributed by atoms with van der Waals surface area (Å²) in [5.74, 6) is 1.76. The smallest absolute Gasteiger partial charge is 0.170 e. The Morgan fingerprint density at radius 1 is 1.45 bits per heavy atom. The van der Waals surface area contributed by atoms with Gasteiger partial charge in [0, 0.05) is 17.4 Å². The van der Waals surface area contributed by atoms with E-state index in [2.05, 4.69) is 40.7 Å². The SMILES string of the molecule is CCNC(C)c1ccc(OC)c(CSc2ncns2)c1. The highest BCUT2D eigenvalue weighted by atomic mass is 32.2. The van der Waals surface area contributed by atoms with E-state index in [1.54, 1.807) is 25.2 Å². The zero-order valence-corrected chi connectivity index (χ0v) is 13.6. The number of rotatable bonds is 7. The lowest BCUT2D eigenvalue weighted by Crippen LogP contribution is -2.17. The normalized spacial score (nSPS) is 12.3. The average Bonchev–Trinajstić information content (AvgIpc) is 2.98. The minimum atomic E-state index is 0.344. The maximum Gasteiger partial charge on any atom is 0.170 e. The van der Waals surface area contributed by atoms with Crippen LogP contribution in [0.2, 0.25) is 0 Å². The van der Waals surface area contributed by atoms with Crippen molar-refractivity contribution in [3.8, 4) is 5.75 Å². The van der Waals surface area contributed by atoms with Crippen molar-refractivity contribution in [1.82, 2.24) is 14.7 Å². The molecule has 0 aliphatic carbocycles. The van der Waals surface area contributed by atoms with Gasteiger partial charge in [0.15, 0.2) is 4.34 Å². The van der Waals surface area contributed by atoms with Gasteiger partial charge in [-0.05, 0) is 42.7 Å². The second-order valence-electron chi connectivity index (χ2n) is 4.35. The van der Waals surface area contributed by atoms with Gasteiger partial charge in [-0.2, -0.15) is 4.37 Å². The van der Waals surface area contributed by atoms with Crippen molar-refractivity contribution < 1.29 is 4.74 Å². The highest BCUT2D eigenvalue weighted by Crippen LogP contribution is 2.30. The zero-order chi connectivity index (χ0) is 14.4. The molecule has 0 saturated carbocycles. The van der Waals surface area contributed by atoms with E-state index in [1.807, 2.05) is 6.07 Å². The second-order valence-corrected chi connectivity index (χ2v) is 6.35. The minimum Gasteiger partial charge on any atom is -0.496 e. The Morgan fingerprint density at radius 3 is 2.95 bits per heavy atom. The largest absolute Gasteiger partial charge is 0.496 e. The van der Waals surface area contributed by atoms with Crippen molar-refractivity contribution in [3.05, 3.63) is 35.7 Å². The Bertz CT molecular complexity index is 531. The fraction of sp³-hybridized carbons (Fsp3) is 0.429. The number of nitrogens with one attached hydrogen (secondary N) is 1. The molecule has 1 unspecified atom stereocenters. The first kappa shape index (κ1) is 15.3. The van der Waals surface area contributed by atoms with Gasteiger partial charge in [-0.1, -0.05) is 24.8 Å². The monoisotopic (exact) mass is 309 g/mol. The fourth-order valence-corrected chi connectivity index (χ4v) is 3.39. The minimum absolute atomic E-state index is 0.344. The number of ether oxygens (including phenoxy) is 1. The predicted octanol–water partition coefficient (Wildman–Crippen LogP) is 3.51. The maximum absolute atomic E-state index is 5.44. The number of hydrogen-bond acceptors (Lipinski definition) is 6. The lowest BCUT2D eigenvalue weighted by Gasteiger charge is -2.15. The first-order valence-corrected chi connectivity index (χ1v) is 8.30. The molecule has 0 saturated heterocycles. The number of benzene rings is 1. The molecule has 0 aliphatic heterocycles. The molecule has 0 bridgehead atoms. The molecule has 0 radical (unpaired) electrons. The summed E-state index contributed by atoms with van der Waals surface area (Å²) >= 11 is 3.11. The third-order valence-corrected chi connectivity index (χ3v) is 4.85. The first-order chi connectivity index (χ1) is 9.74. The standard InChI is InChI=1S/C14H19N3OS2/c1-4-15-10(2)11-5-6-13(18-3)12(7-11)8-19-14-16-9-17-20-14/h5-7,9-10,15H,4,8H2,1-3H3. The Kier molecular flexibility index (Phi) is 5.82. The molecule has 1 heterocycles.